The van der Waals surface area contributed by atoms with Gasteiger partial charge in [-0.1, -0.05) is 66.5 Å². The van der Waals surface area contributed by atoms with Crippen LogP contribution < -0.4 is 5.32 Å². The second-order valence-corrected chi connectivity index (χ2v) is 9.06. The van der Waals surface area contributed by atoms with Gasteiger partial charge >= 0.3 is 0 Å². The number of morpholine rings is 1. The molecule has 0 spiro atoms. The van der Waals surface area contributed by atoms with Gasteiger partial charge in [-0.05, 0) is 31.0 Å². The van der Waals surface area contributed by atoms with Crippen LogP contribution in [0.2, 0.25) is 0 Å². The fraction of sp³-hybridized carbons (Fsp3) is 0.435. The second-order valence-electron chi connectivity index (χ2n) is 7.39. The Kier molecular flexibility index (Phi) is 9.74. The number of rotatable bonds is 10. The van der Waals surface area contributed by atoms with Crippen LogP contribution in [-0.4, -0.2) is 71.9 Å². The molecule has 0 aromatic heterocycles. The standard InChI is InChI=1S/C23H29N3O3S2/c27-21(24-12-6-13-25-15-17-29-18-16-25)11-5-14-26-22(28)20(31-23(26)30)10-4-9-19-7-2-1-3-8-19/h1-4,7-10H,5-6,11-18H2,(H,24,27)/b9-4+,20-10-. The number of allylic oxidation sites excluding steroid dienone is 2. The molecule has 0 unspecified atom stereocenters. The lowest BCUT2D eigenvalue weighted by molar-refractivity contribution is -0.124. The molecule has 3 rings (SSSR count). The number of amides is 2. The van der Waals surface area contributed by atoms with Crippen LogP contribution in [0.25, 0.3) is 6.08 Å². The first-order valence-corrected chi connectivity index (χ1v) is 11.9. The Hall–Kier alpha value is -2.00. The van der Waals surface area contributed by atoms with Crippen LogP contribution >= 0.6 is 24.0 Å². The molecule has 8 heteroatoms. The lowest BCUT2D eigenvalue weighted by Gasteiger charge is -2.26. The molecule has 0 aliphatic carbocycles. The molecule has 0 bridgehead atoms. The van der Waals surface area contributed by atoms with Gasteiger partial charge in [0, 0.05) is 32.6 Å². The van der Waals surface area contributed by atoms with Gasteiger partial charge in [-0.3, -0.25) is 19.4 Å². The van der Waals surface area contributed by atoms with E-state index in [1.54, 1.807) is 11.0 Å². The number of ether oxygens (including phenoxy) is 1. The average Bonchev–Trinajstić information content (AvgIpc) is 3.06. The highest BCUT2D eigenvalue weighted by molar-refractivity contribution is 8.26. The highest BCUT2D eigenvalue weighted by atomic mass is 32.2. The summed E-state index contributed by atoms with van der Waals surface area (Å²) in [5.41, 5.74) is 1.07. The maximum absolute atomic E-state index is 12.6. The summed E-state index contributed by atoms with van der Waals surface area (Å²) in [4.78, 5) is 29.2. The molecule has 0 saturated carbocycles. The maximum atomic E-state index is 12.6. The predicted octanol–water partition coefficient (Wildman–Crippen LogP) is 3.06. The van der Waals surface area contributed by atoms with Gasteiger partial charge in [0.2, 0.25) is 5.91 Å². The second kappa shape index (κ2) is 12.8. The van der Waals surface area contributed by atoms with Crippen LogP contribution in [0.3, 0.4) is 0 Å². The third-order valence-corrected chi connectivity index (χ3v) is 6.47. The molecule has 1 aromatic rings. The minimum atomic E-state index is -0.0846. The number of hydrogen-bond acceptors (Lipinski definition) is 6. The zero-order valence-corrected chi connectivity index (χ0v) is 19.3. The number of hydrogen-bond donors (Lipinski definition) is 1. The average molecular weight is 460 g/mol. The summed E-state index contributed by atoms with van der Waals surface area (Å²) in [6.45, 7) is 5.64. The zero-order chi connectivity index (χ0) is 21.9. The van der Waals surface area contributed by atoms with Crippen molar-refractivity contribution in [3.8, 4) is 0 Å². The quantitative estimate of drug-likeness (QED) is 0.330. The zero-order valence-electron chi connectivity index (χ0n) is 17.6. The molecule has 2 aliphatic heterocycles. The third-order valence-electron chi connectivity index (χ3n) is 5.07. The van der Waals surface area contributed by atoms with E-state index >= 15 is 0 Å². The molecular formula is C23H29N3O3S2. The first-order chi connectivity index (χ1) is 15.1. The number of carbonyl (C=O) groups excluding carboxylic acids is 2. The molecule has 0 atom stereocenters. The number of benzene rings is 1. The molecular weight excluding hydrogens is 430 g/mol. The van der Waals surface area contributed by atoms with Crippen molar-refractivity contribution in [1.82, 2.24) is 15.1 Å². The fourth-order valence-corrected chi connectivity index (χ4v) is 4.62. The van der Waals surface area contributed by atoms with Gasteiger partial charge in [0.1, 0.15) is 4.32 Å². The minimum absolute atomic E-state index is 0.0220. The van der Waals surface area contributed by atoms with Crippen molar-refractivity contribution < 1.29 is 14.3 Å². The Labute approximate surface area is 193 Å². The van der Waals surface area contributed by atoms with Gasteiger partial charge in [0.15, 0.2) is 0 Å². The number of nitrogens with zero attached hydrogens (tertiary/aromatic N) is 2. The number of thiocarbonyl (C=S) groups is 1. The lowest BCUT2D eigenvalue weighted by Crippen LogP contribution is -2.38. The van der Waals surface area contributed by atoms with Crippen LogP contribution in [0, 0.1) is 0 Å². The van der Waals surface area contributed by atoms with Crippen LogP contribution in [0.15, 0.2) is 47.4 Å². The molecule has 2 saturated heterocycles. The summed E-state index contributed by atoms with van der Waals surface area (Å²) in [5, 5.41) is 2.96. The van der Waals surface area contributed by atoms with Gasteiger partial charge in [-0.25, -0.2) is 0 Å². The molecule has 1 N–H and O–H groups in total. The maximum Gasteiger partial charge on any atom is 0.266 e. The van der Waals surface area contributed by atoms with Crippen molar-refractivity contribution >= 4 is 46.2 Å². The summed E-state index contributed by atoms with van der Waals surface area (Å²) >= 11 is 6.66. The summed E-state index contributed by atoms with van der Waals surface area (Å²) in [6.07, 6.45) is 7.54. The Morgan fingerprint density at radius 3 is 2.71 bits per heavy atom. The molecule has 166 valence electrons. The van der Waals surface area contributed by atoms with Crippen molar-refractivity contribution in [2.45, 2.75) is 19.3 Å². The van der Waals surface area contributed by atoms with Crippen LogP contribution in [0.5, 0.6) is 0 Å². The number of nitrogens with one attached hydrogen (secondary N) is 1. The smallest absolute Gasteiger partial charge is 0.266 e. The third kappa shape index (κ3) is 7.88. The number of carbonyl (C=O) groups is 2. The summed E-state index contributed by atoms with van der Waals surface area (Å²) in [7, 11) is 0. The monoisotopic (exact) mass is 459 g/mol. The van der Waals surface area contributed by atoms with Crippen molar-refractivity contribution in [2.75, 3.05) is 45.9 Å². The summed E-state index contributed by atoms with van der Waals surface area (Å²) in [6, 6.07) is 9.92. The highest BCUT2D eigenvalue weighted by Crippen LogP contribution is 2.31. The highest BCUT2D eigenvalue weighted by Gasteiger charge is 2.31. The Morgan fingerprint density at radius 1 is 1.16 bits per heavy atom. The van der Waals surface area contributed by atoms with Crippen molar-refractivity contribution in [2.24, 2.45) is 0 Å². The molecule has 6 nitrogen and oxygen atoms in total. The van der Waals surface area contributed by atoms with Crippen LogP contribution in [0.4, 0.5) is 0 Å². The Morgan fingerprint density at radius 2 is 1.94 bits per heavy atom. The van der Waals surface area contributed by atoms with E-state index in [9.17, 15) is 9.59 Å². The molecule has 2 heterocycles. The number of thioether (sulfide) groups is 1. The van der Waals surface area contributed by atoms with E-state index in [2.05, 4.69) is 10.2 Å². The van der Waals surface area contributed by atoms with Gasteiger partial charge in [-0.15, -0.1) is 0 Å². The van der Waals surface area contributed by atoms with Crippen molar-refractivity contribution in [1.29, 1.82) is 0 Å². The molecule has 2 amide bonds. The largest absolute Gasteiger partial charge is 0.379 e. The molecule has 31 heavy (non-hydrogen) atoms. The van der Waals surface area contributed by atoms with Gasteiger partial charge in [0.25, 0.3) is 5.91 Å². The van der Waals surface area contributed by atoms with Crippen LogP contribution in [0.1, 0.15) is 24.8 Å². The Bertz CT molecular complexity index is 821. The fourth-order valence-electron chi connectivity index (χ4n) is 3.36. The molecule has 2 fully saturated rings. The van der Waals surface area contributed by atoms with E-state index in [0.717, 1.165) is 44.8 Å². The van der Waals surface area contributed by atoms with E-state index in [4.69, 9.17) is 17.0 Å². The molecule has 1 aromatic carbocycles. The summed E-state index contributed by atoms with van der Waals surface area (Å²) < 4.78 is 5.88. The first-order valence-electron chi connectivity index (χ1n) is 10.7. The van der Waals surface area contributed by atoms with Gasteiger partial charge in [0.05, 0.1) is 18.1 Å². The summed E-state index contributed by atoms with van der Waals surface area (Å²) in [5.74, 6) is -0.0626. The Balaban J connectivity index is 1.33. The van der Waals surface area contributed by atoms with Crippen LogP contribution in [-0.2, 0) is 14.3 Å². The van der Waals surface area contributed by atoms with E-state index in [0.29, 0.717) is 35.2 Å². The molecule has 2 aliphatic rings. The van der Waals surface area contributed by atoms with Crippen molar-refractivity contribution in [3.63, 3.8) is 0 Å². The van der Waals surface area contributed by atoms with E-state index in [-0.39, 0.29) is 11.8 Å². The predicted molar refractivity (Wildman–Crippen MR) is 130 cm³/mol. The van der Waals surface area contributed by atoms with Crippen molar-refractivity contribution in [3.05, 3.63) is 53.0 Å². The van der Waals surface area contributed by atoms with Gasteiger partial charge in [-0.2, -0.15) is 0 Å². The molecule has 0 radical (unpaired) electrons. The van der Waals surface area contributed by atoms with E-state index in [1.807, 2.05) is 42.5 Å². The lowest BCUT2D eigenvalue weighted by atomic mass is 10.2. The normalized spacial score (nSPS) is 19.0. The first kappa shape index (κ1) is 23.7. The topological polar surface area (TPSA) is 61.9 Å². The minimum Gasteiger partial charge on any atom is -0.379 e. The van der Waals surface area contributed by atoms with E-state index in [1.165, 1.54) is 11.8 Å². The van der Waals surface area contributed by atoms with Gasteiger partial charge < -0.3 is 10.1 Å². The van der Waals surface area contributed by atoms with E-state index < -0.39 is 0 Å². The SMILES string of the molecule is O=C(CCCN1C(=O)/C(=C/C=C/c2ccccc2)SC1=S)NCCCN1CCOCC1.